The van der Waals surface area contributed by atoms with Crippen molar-refractivity contribution in [2.24, 2.45) is 13.0 Å². The highest BCUT2D eigenvalue weighted by Crippen LogP contribution is 2.23. The molecule has 7 heteroatoms. The number of nitrogens with one attached hydrogen (secondary N) is 1. The smallest absolute Gasteiger partial charge is 0.228 e. The maximum Gasteiger partial charge on any atom is 0.228 e. The number of likely N-dealkylation sites (tertiary alicyclic amines) is 1. The van der Waals surface area contributed by atoms with Gasteiger partial charge in [0.15, 0.2) is 5.82 Å². The molecule has 1 fully saturated rings. The van der Waals surface area contributed by atoms with Crippen LogP contribution in [0.15, 0.2) is 41.1 Å². The van der Waals surface area contributed by atoms with Gasteiger partial charge in [0, 0.05) is 49.2 Å². The Morgan fingerprint density at radius 1 is 1.25 bits per heavy atom. The van der Waals surface area contributed by atoms with Crippen molar-refractivity contribution in [3.05, 3.63) is 47.9 Å². The summed E-state index contributed by atoms with van der Waals surface area (Å²) in [7, 11) is 2.00. The third kappa shape index (κ3) is 3.65. The van der Waals surface area contributed by atoms with Gasteiger partial charge in [-0.3, -0.25) is 9.59 Å². The Kier molecular flexibility index (Phi) is 4.90. The van der Waals surface area contributed by atoms with E-state index in [4.69, 9.17) is 4.52 Å². The van der Waals surface area contributed by atoms with E-state index in [0.29, 0.717) is 43.9 Å². The molecule has 1 aromatic carbocycles. The van der Waals surface area contributed by atoms with E-state index in [-0.39, 0.29) is 17.7 Å². The summed E-state index contributed by atoms with van der Waals surface area (Å²) < 4.78 is 7.03. The van der Waals surface area contributed by atoms with E-state index in [9.17, 15) is 9.59 Å². The van der Waals surface area contributed by atoms with Gasteiger partial charge in [-0.05, 0) is 31.4 Å². The fraction of sp³-hybridized carbons (Fsp3) is 0.381. The van der Waals surface area contributed by atoms with Crippen LogP contribution in [0, 0.1) is 12.8 Å². The average Bonchev–Trinajstić information content (AvgIpc) is 3.25. The van der Waals surface area contributed by atoms with Gasteiger partial charge >= 0.3 is 0 Å². The van der Waals surface area contributed by atoms with Crippen molar-refractivity contribution in [1.29, 1.82) is 0 Å². The van der Waals surface area contributed by atoms with Crippen LogP contribution in [0.5, 0.6) is 0 Å². The Morgan fingerprint density at radius 3 is 2.71 bits per heavy atom. The molecule has 0 spiro atoms. The lowest BCUT2D eigenvalue weighted by Crippen LogP contribution is -2.42. The molecule has 1 aliphatic rings. The molecule has 7 nitrogen and oxygen atoms in total. The molecule has 0 aliphatic carbocycles. The van der Waals surface area contributed by atoms with Crippen molar-refractivity contribution in [3.8, 4) is 0 Å². The van der Waals surface area contributed by atoms with Gasteiger partial charge in [-0.15, -0.1) is 0 Å². The van der Waals surface area contributed by atoms with Crippen molar-refractivity contribution in [1.82, 2.24) is 14.6 Å². The van der Waals surface area contributed by atoms with Crippen LogP contribution >= 0.6 is 0 Å². The van der Waals surface area contributed by atoms with E-state index in [1.807, 2.05) is 30.3 Å². The van der Waals surface area contributed by atoms with Gasteiger partial charge in [-0.25, -0.2) is 0 Å². The molecule has 146 valence electrons. The number of hydrogen-bond acceptors (Lipinski definition) is 4. The summed E-state index contributed by atoms with van der Waals surface area (Å²) in [5.74, 6) is 1.04. The molecule has 0 unspecified atom stereocenters. The first-order valence-corrected chi connectivity index (χ1v) is 9.56. The number of carbonyl (C=O) groups is 2. The third-order valence-electron chi connectivity index (χ3n) is 5.42. The fourth-order valence-corrected chi connectivity index (χ4v) is 3.89. The van der Waals surface area contributed by atoms with Crippen LogP contribution in [0.4, 0.5) is 5.82 Å². The molecule has 0 bridgehead atoms. The highest BCUT2D eigenvalue weighted by atomic mass is 16.5. The number of hydrogen-bond donors (Lipinski definition) is 1. The van der Waals surface area contributed by atoms with E-state index >= 15 is 0 Å². The lowest BCUT2D eigenvalue weighted by molar-refractivity contribution is -0.133. The van der Waals surface area contributed by atoms with Crippen LogP contribution < -0.4 is 5.32 Å². The number of nitrogens with zero attached hydrogens (tertiary/aromatic N) is 3. The summed E-state index contributed by atoms with van der Waals surface area (Å²) in [5, 5.41) is 7.70. The summed E-state index contributed by atoms with van der Waals surface area (Å²) in [5.41, 5.74) is 2.17. The summed E-state index contributed by atoms with van der Waals surface area (Å²) >= 11 is 0. The molecule has 3 heterocycles. The first-order valence-electron chi connectivity index (χ1n) is 9.56. The maximum atomic E-state index is 12.8. The number of anilines is 1. The second-order valence-electron chi connectivity index (χ2n) is 7.43. The molecule has 1 N–H and O–H groups in total. The topological polar surface area (TPSA) is 80.4 Å². The van der Waals surface area contributed by atoms with Crippen LogP contribution in [0.2, 0.25) is 0 Å². The molecular weight excluding hydrogens is 356 g/mol. The Labute approximate surface area is 163 Å². The van der Waals surface area contributed by atoms with Crippen LogP contribution in [-0.4, -0.2) is 39.5 Å². The number of benzene rings is 1. The van der Waals surface area contributed by atoms with Crippen LogP contribution in [0.3, 0.4) is 0 Å². The highest BCUT2D eigenvalue weighted by molar-refractivity contribution is 5.92. The number of piperidine rings is 1. The first kappa shape index (κ1) is 18.3. The zero-order valence-electron chi connectivity index (χ0n) is 16.1. The molecule has 1 aliphatic heterocycles. The predicted octanol–water partition coefficient (Wildman–Crippen LogP) is 2.89. The zero-order chi connectivity index (χ0) is 19.7. The minimum absolute atomic E-state index is 0.0607. The number of amides is 2. The largest absolute Gasteiger partial charge is 0.360 e. The van der Waals surface area contributed by atoms with Crippen molar-refractivity contribution < 1.29 is 14.1 Å². The average molecular weight is 380 g/mol. The minimum atomic E-state index is -0.112. The molecule has 3 aromatic rings. The predicted molar refractivity (Wildman–Crippen MR) is 106 cm³/mol. The van der Waals surface area contributed by atoms with Gasteiger partial charge < -0.3 is 19.3 Å². The molecular formula is C21H24N4O3. The Hall–Kier alpha value is -3.09. The van der Waals surface area contributed by atoms with E-state index < -0.39 is 0 Å². The molecule has 2 aromatic heterocycles. The maximum absolute atomic E-state index is 12.8. The highest BCUT2D eigenvalue weighted by Gasteiger charge is 2.28. The molecule has 2 amide bonds. The van der Waals surface area contributed by atoms with Crippen molar-refractivity contribution in [3.63, 3.8) is 0 Å². The van der Waals surface area contributed by atoms with E-state index in [1.165, 1.54) is 0 Å². The Balaban J connectivity index is 1.34. The lowest BCUT2D eigenvalue weighted by atomic mass is 9.95. The van der Waals surface area contributed by atoms with Crippen molar-refractivity contribution in [2.75, 3.05) is 18.4 Å². The Bertz CT molecular complexity index is 1010. The van der Waals surface area contributed by atoms with Crippen LogP contribution in [0.25, 0.3) is 10.9 Å². The molecule has 4 rings (SSSR count). The number of fused-ring (bicyclic) bond motifs is 1. The van der Waals surface area contributed by atoms with Crippen LogP contribution in [-0.2, 0) is 23.1 Å². The van der Waals surface area contributed by atoms with Crippen molar-refractivity contribution in [2.45, 2.75) is 26.2 Å². The molecule has 0 saturated carbocycles. The lowest BCUT2D eigenvalue weighted by Gasteiger charge is -2.31. The van der Waals surface area contributed by atoms with Gasteiger partial charge in [-0.1, -0.05) is 23.4 Å². The summed E-state index contributed by atoms with van der Waals surface area (Å²) in [6.07, 6.45) is 3.73. The normalized spacial score (nSPS) is 15.1. The van der Waals surface area contributed by atoms with Gasteiger partial charge in [0.25, 0.3) is 0 Å². The number of rotatable bonds is 4. The van der Waals surface area contributed by atoms with E-state index in [1.54, 1.807) is 13.0 Å². The first-order chi connectivity index (χ1) is 13.5. The summed E-state index contributed by atoms with van der Waals surface area (Å²) in [4.78, 5) is 27.0. The molecule has 1 saturated heterocycles. The van der Waals surface area contributed by atoms with E-state index in [2.05, 4.69) is 27.2 Å². The van der Waals surface area contributed by atoms with Gasteiger partial charge in [0.1, 0.15) is 5.76 Å². The minimum Gasteiger partial charge on any atom is -0.360 e. The second-order valence-corrected chi connectivity index (χ2v) is 7.43. The van der Waals surface area contributed by atoms with Gasteiger partial charge in [0.05, 0.1) is 6.42 Å². The standard InChI is InChI=1S/C21H24N4O3/c1-14-11-19(23-28-14)22-21(27)15-7-9-25(10-8-15)20(26)12-16-13-24(2)18-6-4-3-5-17(16)18/h3-6,11,13,15H,7-10,12H2,1-2H3,(H,22,23,27). The fourth-order valence-electron chi connectivity index (χ4n) is 3.89. The van der Waals surface area contributed by atoms with Crippen LogP contribution in [0.1, 0.15) is 24.2 Å². The quantitative estimate of drug-likeness (QED) is 0.755. The molecule has 28 heavy (non-hydrogen) atoms. The summed E-state index contributed by atoms with van der Waals surface area (Å²) in [6.45, 7) is 2.97. The number of aryl methyl sites for hydroxylation is 2. The zero-order valence-corrected chi connectivity index (χ0v) is 16.1. The van der Waals surface area contributed by atoms with Gasteiger partial charge in [-0.2, -0.15) is 0 Å². The SMILES string of the molecule is Cc1cc(NC(=O)C2CCN(C(=O)Cc3cn(C)c4ccccc34)CC2)no1. The second kappa shape index (κ2) is 7.50. The van der Waals surface area contributed by atoms with Gasteiger partial charge in [0.2, 0.25) is 11.8 Å². The number of carbonyl (C=O) groups excluding carboxylic acids is 2. The monoisotopic (exact) mass is 380 g/mol. The van der Waals surface area contributed by atoms with Crippen molar-refractivity contribution >= 4 is 28.5 Å². The molecule has 0 atom stereocenters. The molecule has 0 radical (unpaired) electrons. The number of para-hydroxylation sites is 1. The Morgan fingerprint density at radius 2 is 2.00 bits per heavy atom. The third-order valence-corrected chi connectivity index (χ3v) is 5.42. The number of aromatic nitrogens is 2. The summed E-state index contributed by atoms with van der Waals surface area (Å²) in [6, 6.07) is 9.81. The van der Waals surface area contributed by atoms with E-state index in [0.717, 1.165) is 16.5 Å².